The molecule has 2 nitrogen and oxygen atoms in total. The number of para-hydroxylation sites is 1. The van der Waals surface area contributed by atoms with Crippen molar-refractivity contribution in [3.63, 3.8) is 0 Å². The Bertz CT molecular complexity index is 480. The van der Waals surface area contributed by atoms with Crippen molar-refractivity contribution in [3.05, 3.63) is 29.8 Å². The van der Waals surface area contributed by atoms with Crippen molar-refractivity contribution in [1.82, 2.24) is 5.32 Å². The Balaban J connectivity index is 1.75. The first-order valence-corrected chi connectivity index (χ1v) is 8.61. The molecule has 0 aliphatic carbocycles. The third-order valence-electron chi connectivity index (χ3n) is 4.40. The van der Waals surface area contributed by atoms with Crippen LogP contribution >= 0.6 is 11.8 Å². The van der Waals surface area contributed by atoms with E-state index in [1.54, 1.807) is 0 Å². The highest BCUT2D eigenvalue weighted by molar-refractivity contribution is 8.00. The topological polar surface area (TPSA) is 21.3 Å². The Hall–Kier alpha value is -0.670. The molecule has 1 N–H and O–H groups in total. The molecule has 2 aliphatic rings. The molecular weight excluding hydrogens is 266 g/mol. The zero-order valence-electron chi connectivity index (χ0n) is 12.7. The average molecular weight is 291 g/mol. The number of ether oxygens (including phenoxy) is 1. The lowest BCUT2D eigenvalue weighted by Crippen LogP contribution is -2.42. The highest BCUT2D eigenvalue weighted by Crippen LogP contribution is 2.41. The van der Waals surface area contributed by atoms with Gasteiger partial charge in [-0.25, -0.2) is 0 Å². The van der Waals surface area contributed by atoms with E-state index < -0.39 is 0 Å². The number of fused-ring (bicyclic) bond motifs is 1. The van der Waals surface area contributed by atoms with Gasteiger partial charge in [0, 0.05) is 29.3 Å². The lowest BCUT2D eigenvalue weighted by Gasteiger charge is -2.39. The van der Waals surface area contributed by atoms with Crippen LogP contribution in [0.5, 0.6) is 5.75 Å². The van der Waals surface area contributed by atoms with Crippen LogP contribution in [0.4, 0.5) is 0 Å². The summed E-state index contributed by atoms with van der Waals surface area (Å²) in [5, 5.41) is 3.82. The Morgan fingerprint density at radius 1 is 1.30 bits per heavy atom. The minimum atomic E-state index is -0.0876. The van der Waals surface area contributed by atoms with Crippen molar-refractivity contribution in [1.29, 1.82) is 0 Å². The number of hydrogen-bond acceptors (Lipinski definition) is 3. The van der Waals surface area contributed by atoms with Gasteiger partial charge in [0.15, 0.2) is 0 Å². The summed E-state index contributed by atoms with van der Waals surface area (Å²) in [6.45, 7) is 7.86. The Kier molecular flexibility index (Phi) is 3.76. The maximum Gasteiger partial charge on any atom is 0.124 e. The van der Waals surface area contributed by atoms with Gasteiger partial charge in [-0.2, -0.15) is 11.8 Å². The van der Waals surface area contributed by atoms with Crippen molar-refractivity contribution in [2.24, 2.45) is 0 Å². The summed E-state index contributed by atoms with van der Waals surface area (Å²) in [5.74, 6) is 2.36. The number of nitrogens with one attached hydrogen (secondary N) is 1. The zero-order chi connectivity index (χ0) is 14.2. The Morgan fingerprint density at radius 3 is 2.85 bits per heavy atom. The van der Waals surface area contributed by atoms with Crippen LogP contribution in [0.1, 0.15) is 51.6 Å². The fraction of sp³-hybridized carbons (Fsp3) is 0.647. The van der Waals surface area contributed by atoms with Crippen LogP contribution in [-0.2, 0) is 0 Å². The van der Waals surface area contributed by atoms with Crippen LogP contribution < -0.4 is 10.1 Å². The lowest BCUT2D eigenvalue weighted by atomic mass is 9.89. The van der Waals surface area contributed by atoms with Gasteiger partial charge in [0.1, 0.15) is 11.4 Å². The fourth-order valence-electron chi connectivity index (χ4n) is 3.30. The lowest BCUT2D eigenvalue weighted by molar-refractivity contribution is 0.0656. The zero-order valence-corrected chi connectivity index (χ0v) is 13.6. The van der Waals surface area contributed by atoms with Crippen molar-refractivity contribution in [3.8, 4) is 5.75 Å². The molecule has 0 aromatic heterocycles. The van der Waals surface area contributed by atoms with Gasteiger partial charge in [-0.3, -0.25) is 0 Å². The first kappa shape index (κ1) is 14.3. The highest BCUT2D eigenvalue weighted by atomic mass is 32.2. The molecule has 1 aromatic carbocycles. The van der Waals surface area contributed by atoms with Gasteiger partial charge in [-0.05, 0) is 45.4 Å². The monoisotopic (exact) mass is 291 g/mol. The minimum absolute atomic E-state index is 0.0876. The molecule has 3 rings (SSSR count). The van der Waals surface area contributed by atoms with Crippen molar-refractivity contribution < 1.29 is 4.74 Å². The van der Waals surface area contributed by atoms with E-state index in [-0.39, 0.29) is 5.60 Å². The molecule has 2 aliphatic heterocycles. The van der Waals surface area contributed by atoms with Crippen LogP contribution in [0.25, 0.3) is 0 Å². The van der Waals surface area contributed by atoms with Crippen LogP contribution in [0, 0.1) is 0 Å². The first-order chi connectivity index (χ1) is 9.48. The predicted molar refractivity (Wildman–Crippen MR) is 86.6 cm³/mol. The fourth-order valence-corrected chi connectivity index (χ4v) is 4.56. The number of thioether (sulfide) groups is 1. The van der Waals surface area contributed by atoms with Crippen LogP contribution in [-0.4, -0.2) is 22.6 Å². The van der Waals surface area contributed by atoms with Crippen molar-refractivity contribution >= 4 is 11.8 Å². The van der Waals surface area contributed by atoms with E-state index in [0.29, 0.717) is 10.8 Å². The summed E-state index contributed by atoms with van der Waals surface area (Å²) in [6.07, 6.45) is 3.72. The molecule has 20 heavy (non-hydrogen) atoms. The number of benzene rings is 1. The molecule has 2 unspecified atom stereocenters. The predicted octanol–water partition coefficient (Wildman–Crippen LogP) is 4.16. The molecule has 0 amide bonds. The minimum Gasteiger partial charge on any atom is -0.487 e. The molecule has 3 heteroatoms. The number of hydrogen-bond donors (Lipinski definition) is 1. The van der Waals surface area contributed by atoms with E-state index in [1.807, 2.05) is 0 Å². The van der Waals surface area contributed by atoms with Gasteiger partial charge in [0.25, 0.3) is 0 Å². The molecule has 2 heterocycles. The SMILES string of the molecule is CC1(C)CC(NCC2(C)CCCS2)c2ccccc2O1. The van der Waals surface area contributed by atoms with E-state index in [1.165, 1.54) is 24.2 Å². The molecule has 1 fully saturated rings. The van der Waals surface area contributed by atoms with E-state index in [9.17, 15) is 0 Å². The first-order valence-electron chi connectivity index (χ1n) is 7.63. The van der Waals surface area contributed by atoms with E-state index in [2.05, 4.69) is 62.1 Å². The Labute approximate surface area is 126 Å². The summed E-state index contributed by atoms with van der Waals surface area (Å²) in [4.78, 5) is 0. The maximum absolute atomic E-state index is 6.10. The van der Waals surface area contributed by atoms with Crippen molar-refractivity contribution in [2.45, 2.75) is 56.4 Å². The third kappa shape index (κ3) is 2.99. The second-order valence-corrected chi connectivity index (χ2v) is 8.62. The summed E-state index contributed by atoms with van der Waals surface area (Å²) >= 11 is 2.12. The second-order valence-electron chi connectivity index (χ2n) is 6.94. The highest BCUT2D eigenvalue weighted by Gasteiger charge is 2.35. The summed E-state index contributed by atoms with van der Waals surface area (Å²) in [7, 11) is 0. The molecule has 0 saturated carbocycles. The van der Waals surface area contributed by atoms with Gasteiger partial charge in [0.05, 0.1) is 0 Å². The molecule has 0 radical (unpaired) electrons. The molecule has 1 aromatic rings. The van der Waals surface area contributed by atoms with E-state index in [4.69, 9.17) is 4.74 Å². The number of rotatable bonds is 3. The van der Waals surface area contributed by atoms with Crippen LogP contribution in [0.3, 0.4) is 0 Å². The molecule has 2 atom stereocenters. The van der Waals surface area contributed by atoms with Crippen LogP contribution in [0.2, 0.25) is 0 Å². The summed E-state index contributed by atoms with van der Waals surface area (Å²) in [6, 6.07) is 8.88. The molecule has 110 valence electrons. The van der Waals surface area contributed by atoms with E-state index in [0.717, 1.165) is 18.7 Å². The second kappa shape index (κ2) is 5.27. The van der Waals surface area contributed by atoms with Gasteiger partial charge in [0.2, 0.25) is 0 Å². The quantitative estimate of drug-likeness (QED) is 0.903. The smallest absolute Gasteiger partial charge is 0.124 e. The van der Waals surface area contributed by atoms with Gasteiger partial charge >= 0.3 is 0 Å². The van der Waals surface area contributed by atoms with Gasteiger partial charge < -0.3 is 10.1 Å². The molecular formula is C17H25NOS. The maximum atomic E-state index is 6.10. The van der Waals surface area contributed by atoms with Gasteiger partial charge in [-0.15, -0.1) is 0 Å². The summed E-state index contributed by atoms with van der Waals surface area (Å²) in [5.41, 5.74) is 1.23. The standard InChI is InChI=1S/C17H25NOS/c1-16(2)11-14(13-7-4-5-8-15(13)19-16)18-12-17(3)9-6-10-20-17/h4-5,7-8,14,18H,6,9-12H2,1-3H3. The molecule has 1 saturated heterocycles. The third-order valence-corrected chi connectivity index (χ3v) is 5.94. The average Bonchev–Trinajstić information content (AvgIpc) is 2.82. The van der Waals surface area contributed by atoms with Crippen LogP contribution in [0.15, 0.2) is 24.3 Å². The normalized spacial score (nSPS) is 31.6. The summed E-state index contributed by atoms with van der Waals surface area (Å²) < 4.78 is 6.52. The molecule has 0 spiro atoms. The van der Waals surface area contributed by atoms with Crippen molar-refractivity contribution in [2.75, 3.05) is 12.3 Å². The largest absolute Gasteiger partial charge is 0.487 e. The molecule has 0 bridgehead atoms. The van der Waals surface area contributed by atoms with E-state index >= 15 is 0 Å². The Morgan fingerprint density at radius 2 is 2.10 bits per heavy atom. The van der Waals surface area contributed by atoms with Gasteiger partial charge in [-0.1, -0.05) is 18.2 Å².